The van der Waals surface area contributed by atoms with Crippen molar-refractivity contribution in [3.63, 3.8) is 0 Å². The van der Waals surface area contributed by atoms with Gasteiger partial charge in [-0.3, -0.25) is 0 Å². The molecule has 0 unspecified atom stereocenters. The molecule has 0 saturated carbocycles. The summed E-state index contributed by atoms with van der Waals surface area (Å²) in [7, 11) is -3.63. The van der Waals surface area contributed by atoms with Crippen molar-refractivity contribution >= 4 is 32.0 Å². The number of sulfonamides is 1. The van der Waals surface area contributed by atoms with Crippen molar-refractivity contribution in [2.75, 3.05) is 13.1 Å². The number of nitrogens with one attached hydrogen (secondary N) is 1. The molecule has 0 spiro atoms. The number of hydrogen-bond donors (Lipinski definition) is 1. The molecule has 2 heterocycles. The van der Waals surface area contributed by atoms with E-state index in [0.29, 0.717) is 18.7 Å². The Morgan fingerprint density at radius 3 is 2.65 bits per heavy atom. The van der Waals surface area contributed by atoms with Crippen LogP contribution in [0.25, 0.3) is 21.9 Å². The van der Waals surface area contributed by atoms with Gasteiger partial charge in [-0.05, 0) is 18.2 Å². The third-order valence-corrected chi connectivity index (χ3v) is 5.52. The van der Waals surface area contributed by atoms with Crippen LogP contribution >= 0.6 is 0 Å². The van der Waals surface area contributed by atoms with E-state index in [1.54, 1.807) is 18.2 Å². The minimum Gasteiger partial charge on any atom is -0.456 e. The summed E-state index contributed by atoms with van der Waals surface area (Å²) in [6.07, 6.45) is 1.98. The lowest BCUT2D eigenvalue weighted by Crippen LogP contribution is -2.57. The molecular formula is C16H13N3O3S. The van der Waals surface area contributed by atoms with Gasteiger partial charge in [-0.15, -0.1) is 0 Å². The first-order valence-corrected chi connectivity index (χ1v) is 8.63. The topological polar surface area (TPSA) is 86.3 Å². The van der Waals surface area contributed by atoms with E-state index < -0.39 is 10.0 Å². The molecule has 3 aromatic rings. The zero-order valence-corrected chi connectivity index (χ0v) is 12.9. The number of likely N-dealkylation sites (tertiary alicyclic amines) is 1. The van der Waals surface area contributed by atoms with Crippen molar-refractivity contribution < 1.29 is 12.8 Å². The SMILES string of the molecule is N#CN1CC(NS(=O)(=O)c2ccc3c(c2)oc2ccccc23)C1. The van der Waals surface area contributed by atoms with Crippen LogP contribution < -0.4 is 4.72 Å². The standard InChI is InChI=1S/C16H13N3O3S/c17-10-19-8-11(9-19)18-23(20,21)12-5-6-14-13-3-1-2-4-15(13)22-16(14)7-12/h1-7,11,18H,8-9H2. The maximum atomic E-state index is 12.4. The molecular weight excluding hydrogens is 314 g/mol. The van der Waals surface area contributed by atoms with E-state index in [0.717, 1.165) is 16.4 Å². The lowest BCUT2D eigenvalue weighted by Gasteiger charge is -2.34. The van der Waals surface area contributed by atoms with Crippen molar-refractivity contribution in [1.29, 1.82) is 5.26 Å². The molecule has 23 heavy (non-hydrogen) atoms. The van der Waals surface area contributed by atoms with Gasteiger partial charge in [0, 0.05) is 29.9 Å². The van der Waals surface area contributed by atoms with Crippen LogP contribution in [-0.2, 0) is 10.0 Å². The molecule has 7 heteroatoms. The smallest absolute Gasteiger partial charge is 0.241 e. The molecule has 0 radical (unpaired) electrons. The third kappa shape index (κ3) is 2.32. The van der Waals surface area contributed by atoms with Gasteiger partial charge in [0.2, 0.25) is 10.0 Å². The Hall–Kier alpha value is -2.56. The highest BCUT2D eigenvalue weighted by Gasteiger charge is 2.30. The Morgan fingerprint density at radius 1 is 1.13 bits per heavy atom. The van der Waals surface area contributed by atoms with E-state index in [2.05, 4.69) is 4.72 Å². The van der Waals surface area contributed by atoms with E-state index in [4.69, 9.17) is 9.68 Å². The lowest BCUT2D eigenvalue weighted by molar-refractivity contribution is 0.220. The fourth-order valence-corrected chi connectivity index (χ4v) is 4.03. The predicted molar refractivity (Wildman–Crippen MR) is 85.0 cm³/mol. The average molecular weight is 327 g/mol. The van der Waals surface area contributed by atoms with Gasteiger partial charge in [0.05, 0.1) is 10.9 Å². The number of hydrogen-bond acceptors (Lipinski definition) is 5. The Balaban J connectivity index is 1.68. The maximum Gasteiger partial charge on any atom is 0.241 e. The normalized spacial score (nSPS) is 15.7. The summed E-state index contributed by atoms with van der Waals surface area (Å²) in [4.78, 5) is 1.66. The largest absolute Gasteiger partial charge is 0.456 e. The Labute approximate surface area is 133 Å². The number of furan rings is 1. The first kappa shape index (κ1) is 14.1. The fourth-order valence-electron chi connectivity index (χ4n) is 2.80. The summed E-state index contributed by atoms with van der Waals surface area (Å²) in [6.45, 7) is 0.811. The quantitative estimate of drug-likeness (QED) is 0.744. The van der Waals surface area contributed by atoms with Gasteiger partial charge >= 0.3 is 0 Å². The molecule has 1 aliphatic heterocycles. The highest BCUT2D eigenvalue weighted by molar-refractivity contribution is 7.89. The monoisotopic (exact) mass is 327 g/mol. The van der Waals surface area contributed by atoms with Gasteiger partial charge in [0.25, 0.3) is 0 Å². The molecule has 1 aromatic heterocycles. The van der Waals surface area contributed by atoms with Gasteiger partial charge in [-0.1, -0.05) is 18.2 Å². The van der Waals surface area contributed by atoms with E-state index in [9.17, 15) is 8.42 Å². The zero-order valence-electron chi connectivity index (χ0n) is 12.1. The number of benzene rings is 2. The van der Waals surface area contributed by atoms with Crippen LogP contribution in [0.3, 0.4) is 0 Å². The fraction of sp³-hybridized carbons (Fsp3) is 0.188. The van der Waals surface area contributed by atoms with E-state index in [-0.39, 0.29) is 10.9 Å². The minimum atomic E-state index is -3.63. The van der Waals surface area contributed by atoms with Crippen LogP contribution in [0, 0.1) is 11.5 Å². The molecule has 1 saturated heterocycles. The molecule has 0 atom stereocenters. The minimum absolute atomic E-state index is 0.166. The van der Waals surface area contributed by atoms with Crippen molar-refractivity contribution in [2.45, 2.75) is 10.9 Å². The highest BCUT2D eigenvalue weighted by Crippen LogP contribution is 2.30. The molecule has 2 aromatic carbocycles. The Bertz CT molecular complexity index is 1040. The lowest BCUT2D eigenvalue weighted by atomic mass is 10.1. The van der Waals surface area contributed by atoms with E-state index in [1.807, 2.05) is 30.5 Å². The summed E-state index contributed by atoms with van der Waals surface area (Å²) in [5.74, 6) is 0. The second-order valence-electron chi connectivity index (χ2n) is 5.58. The van der Waals surface area contributed by atoms with Crippen LogP contribution in [0.15, 0.2) is 51.8 Å². The highest BCUT2D eigenvalue weighted by atomic mass is 32.2. The number of nitriles is 1. The Kier molecular flexibility index (Phi) is 3.04. The average Bonchev–Trinajstić information content (AvgIpc) is 2.88. The second kappa shape index (κ2) is 4.98. The van der Waals surface area contributed by atoms with Crippen molar-refractivity contribution in [2.24, 2.45) is 0 Å². The molecule has 1 N–H and O–H groups in total. The van der Waals surface area contributed by atoms with Crippen LogP contribution in [-0.4, -0.2) is 32.4 Å². The number of nitrogens with zero attached hydrogens (tertiary/aromatic N) is 2. The van der Waals surface area contributed by atoms with E-state index in [1.165, 1.54) is 4.90 Å². The first-order chi connectivity index (χ1) is 11.1. The molecule has 4 rings (SSSR count). The van der Waals surface area contributed by atoms with Crippen molar-refractivity contribution in [3.05, 3.63) is 42.5 Å². The number of para-hydroxylation sites is 1. The molecule has 116 valence electrons. The first-order valence-electron chi connectivity index (χ1n) is 7.15. The predicted octanol–water partition coefficient (Wildman–Crippen LogP) is 2.03. The van der Waals surface area contributed by atoms with Crippen LogP contribution in [0.4, 0.5) is 0 Å². The summed E-state index contributed by atoms with van der Waals surface area (Å²) < 4.78 is 33.2. The molecule has 0 amide bonds. The summed E-state index contributed by atoms with van der Waals surface area (Å²) in [5, 5.41) is 10.5. The Morgan fingerprint density at radius 2 is 1.87 bits per heavy atom. The molecule has 0 bridgehead atoms. The zero-order chi connectivity index (χ0) is 16.0. The third-order valence-electron chi connectivity index (χ3n) is 4.01. The molecule has 0 aliphatic carbocycles. The van der Waals surface area contributed by atoms with Crippen LogP contribution in [0.5, 0.6) is 0 Å². The maximum absolute atomic E-state index is 12.4. The van der Waals surface area contributed by atoms with Crippen LogP contribution in [0.1, 0.15) is 0 Å². The number of fused-ring (bicyclic) bond motifs is 3. The van der Waals surface area contributed by atoms with E-state index >= 15 is 0 Å². The van der Waals surface area contributed by atoms with Gasteiger partial charge in [0.15, 0.2) is 6.19 Å². The molecule has 6 nitrogen and oxygen atoms in total. The summed E-state index contributed by atoms with van der Waals surface area (Å²) >= 11 is 0. The summed E-state index contributed by atoms with van der Waals surface area (Å²) in [5.41, 5.74) is 1.27. The summed E-state index contributed by atoms with van der Waals surface area (Å²) in [6, 6.07) is 12.2. The second-order valence-corrected chi connectivity index (χ2v) is 7.29. The van der Waals surface area contributed by atoms with Gasteiger partial charge in [0.1, 0.15) is 11.2 Å². The van der Waals surface area contributed by atoms with Gasteiger partial charge < -0.3 is 9.32 Å². The van der Waals surface area contributed by atoms with Gasteiger partial charge in [-0.25, -0.2) is 13.1 Å². The van der Waals surface area contributed by atoms with Crippen molar-refractivity contribution in [3.8, 4) is 6.19 Å². The van der Waals surface area contributed by atoms with Crippen molar-refractivity contribution in [1.82, 2.24) is 9.62 Å². The molecule has 1 fully saturated rings. The van der Waals surface area contributed by atoms with Gasteiger partial charge in [-0.2, -0.15) is 5.26 Å². The molecule has 1 aliphatic rings. The van der Waals surface area contributed by atoms with Crippen LogP contribution in [0.2, 0.25) is 0 Å². The number of rotatable bonds is 3.